The van der Waals surface area contributed by atoms with Gasteiger partial charge in [-0.3, -0.25) is 4.99 Å². The van der Waals surface area contributed by atoms with Crippen LogP contribution in [0.25, 0.3) is 55.0 Å². The van der Waals surface area contributed by atoms with Crippen molar-refractivity contribution in [1.29, 1.82) is 0 Å². The number of allylic oxidation sites excluding steroid dienone is 24. The van der Waals surface area contributed by atoms with Crippen molar-refractivity contribution in [2.45, 2.75) is 402 Å². The van der Waals surface area contributed by atoms with Gasteiger partial charge in [-0.05, 0) is 438 Å². The van der Waals surface area contributed by atoms with Gasteiger partial charge in [0.25, 0.3) is 0 Å². The van der Waals surface area contributed by atoms with Crippen LogP contribution in [0.1, 0.15) is 432 Å². The van der Waals surface area contributed by atoms with Crippen molar-refractivity contribution in [2.24, 2.45) is 135 Å². The summed E-state index contributed by atoms with van der Waals surface area (Å²) in [6.45, 7) is 40.3. The van der Waals surface area contributed by atoms with Crippen LogP contribution in [0.15, 0.2) is 136 Å². The number of hydrogen-bond donors (Lipinski definition) is 1. The predicted molar refractivity (Wildman–Crippen MR) is 586 cm³/mol. The Kier molecular flexibility index (Phi) is 21.7. The second kappa shape index (κ2) is 33.5. The minimum atomic E-state index is 0.180. The third-order valence-corrected chi connectivity index (χ3v) is 46.3. The fourth-order valence-electron chi connectivity index (χ4n) is 38.8. The minimum Gasteiger partial charge on any atom is -0.507 e. The van der Waals surface area contributed by atoms with Gasteiger partial charge in [-0.15, -0.1) is 11.8 Å². The quantitative estimate of drug-likeness (QED) is 0.0452. The van der Waals surface area contributed by atoms with Gasteiger partial charge in [0.15, 0.2) is 0 Å². The van der Waals surface area contributed by atoms with E-state index in [0.717, 1.165) is 68.1 Å². The number of fused-ring (bicyclic) bond motifs is 12. The summed E-state index contributed by atoms with van der Waals surface area (Å²) in [5.74, 6) is 15.2. The fraction of sp³-hybridized carbons (Fsp3) is 0.634. The largest absolute Gasteiger partial charge is 0.507 e. The standard InChI is InChI=1S/C134H165NOS2/c1-17-21-24-27-39-70-52-75(41-28-25-22-18-2)133-92(55-70)109-131-130-97-78(62-135-131)57-76-56-77-59-87-93(63-137-69(15)16)98-79(42-29-26-23-19-3)73(40-31-30-35-64(5)6)50-51-83(98)99-100-84-53-71(47-46-68(13)14)54-85(84)103-110-94-72(20-4)48-49-74(94)58-86-80(43-32-36-65(7)8)88-61-91-107-102-90(82(132(91)136)45-34-38-67(11)12)60-89-81(44-33-37-66(9)10)108(134(109)138-133)120(130)119-106(89)114(102)125-126-116(107)105(88)115(104(86)110)124-118(103)117(100)123-113(101(87)99)96(77)111-95(76)112(97)121(119)127(125)122(111)128(123)129(124)126/h48,56-58,61-62,64-71,73,75,79,83,87,92-93,95,97-98,104,106,111-112,114,125-126,129-130,133,136H,17-47,49-55,59-60,63H2,1-16H3. The van der Waals surface area contributed by atoms with Crippen molar-refractivity contribution in [2.75, 3.05) is 5.75 Å². The molecule has 2 fully saturated rings. The number of rotatable bonds is 39. The summed E-state index contributed by atoms with van der Waals surface area (Å²) in [5, 5.41) is 26.7. The second-order valence-electron chi connectivity index (χ2n) is 53.2. The Balaban J connectivity index is 0.813. The molecule has 2 nitrogen and oxygen atoms in total. The predicted octanol–water partition coefficient (Wildman–Crippen LogP) is 34.8. The summed E-state index contributed by atoms with van der Waals surface area (Å²) in [6.07, 6.45) is 66.3. The molecule has 4 aromatic carbocycles. The molecule has 2 heterocycles. The number of phenolic OH excluding ortho intramolecular Hbond substituents is 1. The van der Waals surface area contributed by atoms with Crippen LogP contribution in [0.3, 0.4) is 0 Å². The highest BCUT2D eigenvalue weighted by atomic mass is 32.2. The number of unbranched alkanes of at least 4 members (excludes halogenated alkanes) is 10. The molecule has 28 rings (SSSR count). The van der Waals surface area contributed by atoms with Crippen molar-refractivity contribution in [3.05, 3.63) is 208 Å². The molecule has 22 aliphatic carbocycles. The number of aromatic hydroxyl groups is 1. The lowest BCUT2D eigenvalue weighted by molar-refractivity contribution is 0.0490. The number of thioether (sulfide) groups is 2. The third kappa shape index (κ3) is 12.2. The van der Waals surface area contributed by atoms with E-state index < -0.39 is 0 Å². The molecule has 0 amide bonds. The molecule has 0 aromatic heterocycles. The zero-order chi connectivity index (χ0) is 93.3. The van der Waals surface area contributed by atoms with Gasteiger partial charge in [-0.2, -0.15) is 11.8 Å². The van der Waals surface area contributed by atoms with E-state index in [-0.39, 0.29) is 29.6 Å². The summed E-state index contributed by atoms with van der Waals surface area (Å²) in [6, 6.07) is 2.84. The number of phenols is 1. The van der Waals surface area contributed by atoms with Crippen molar-refractivity contribution in [3.63, 3.8) is 0 Å². The van der Waals surface area contributed by atoms with E-state index in [9.17, 15) is 0 Å². The van der Waals surface area contributed by atoms with Crippen molar-refractivity contribution < 1.29 is 5.11 Å². The van der Waals surface area contributed by atoms with Gasteiger partial charge in [-0.25, -0.2) is 0 Å². The molecular weight excluding hydrogens is 1700 g/mol. The average Bonchev–Trinajstić information content (AvgIpc) is 0.765. The van der Waals surface area contributed by atoms with Gasteiger partial charge in [0.05, 0.1) is 5.71 Å². The molecule has 1 N–H and O–H groups in total. The van der Waals surface area contributed by atoms with Gasteiger partial charge < -0.3 is 5.11 Å². The molecule has 2 aliphatic heterocycles. The summed E-state index contributed by atoms with van der Waals surface area (Å²) >= 11 is 4.90. The zero-order valence-electron chi connectivity index (χ0n) is 87.8. The Morgan fingerprint density at radius 2 is 1.14 bits per heavy atom. The van der Waals surface area contributed by atoms with E-state index in [1.165, 1.54) is 235 Å². The van der Waals surface area contributed by atoms with Crippen LogP contribution in [0.5, 0.6) is 5.75 Å². The Labute approximate surface area is 839 Å². The molecule has 22 unspecified atom stereocenters. The molecule has 22 atom stereocenters. The third-order valence-electron chi connectivity index (χ3n) is 43.4. The highest BCUT2D eigenvalue weighted by molar-refractivity contribution is 8.04. The molecule has 24 aliphatic rings. The van der Waals surface area contributed by atoms with Crippen LogP contribution >= 0.6 is 23.5 Å². The number of benzene rings is 4. The zero-order valence-corrected chi connectivity index (χ0v) is 89.5. The lowest BCUT2D eigenvalue weighted by Crippen LogP contribution is -2.62. The Morgan fingerprint density at radius 1 is 0.457 bits per heavy atom. The van der Waals surface area contributed by atoms with Crippen LogP contribution in [0.2, 0.25) is 0 Å². The van der Waals surface area contributed by atoms with E-state index in [1.807, 2.05) is 121 Å². The van der Waals surface area contributed by atoms with Crippen molar-refractivity contribution in [1.82, 2.24) is 0 Å². The molecule has 0 bridgehead atoms. The smallest absolute Gasteiger partial charge is 0.126 e. The molecule has 4 heteroatoms. The number of nitrogens with zero attached hydrogens (tertiary/aromatic N) is 1. The van der Waals surface area contributed by atoms with Gasteiger partial charge in [0, 0.05) is 86.8 Å². The molecule has 0 saturated heterocycles. The molecule has 4 aromatic rings. The molecule has 138 heavy (non-hydrogen) atoms. The van der Waals surface area contributed by atoms with Crippen LogP contribution in [-0.2, 0) is 25.7 Å². The molecule has 0 radical (unpaired) electrons. The average molecular weight is 1870 g/mol. The van der Waals surface area contributed by atoms with Gasteiger partial charge in [0.1, 0.15) is 5.75 Å². The van der Waals surface area contributed by atoms with E-state index >= 15 is 5.11 Å². The summed E-state index contributed by atoms with van der Waals surface area (Å²) in [7, 11) is 0. The Bertz CT molecular complexity index is 6670. The first-order chi connectivity index (χ1) is 67.3. The van der Waals surface area contributed by atoms with Gasteiger partial charge in [0.2, 0.25) is 0 Å². The monoisotopic (exact) mass is 1870 g/mol. The topological polar surface area (TPSA) is 32.6 Å². The maximum atomic E-state index is 15.1. The van der Waals surface area contributed by atoms with Crippen LogP contribution < -0.4 is 10.4 Å². The highest BCUT2D eigenvalue weighted by Gasteiger charge is 2.73. The first-order valence-electron chi connectivity index (χ1n) is 59.4. The Hall–Kier alpha value is -6.07. The Morgan fingerprint density at radius 3 is 1.88 bits per heavy atom. The molecule has 2 saturated carbocycles. The van der Waals surface area contributed by atoms with Gasteiger partial charge in [-0.1, -0.05) is 275 Å². The fourth-order valence-corrected chi connectivity index (χ4v) is 41.7. The number of aliphatic imine (C=N–C) groups is 1. The minimum absolute atomic E-state index is 0.180. The van der Waals surface area contributed by atoms with E-state index in [0.29, 0.717) is 111 Å². The normalized spacial score (nSPS) is 32.9. The maximum absolute atomic E-state index is 15.1. The summed E-state index contributed by atoms with van der Waals surface area (Å²) in [5.41, 5.74) is 62.6. The first-order valence-corrected chi connectivity index (χ1v) is 61.4. The molecular formula is C134H165NOS2. The maximum Gasteiger partial charge on any atom is 0.126 e. The molecule has 0 spiro atoms. The molecule has 724 valence electrons. The lowest BCUT2D eigenvalue weighted by atomic mass is 9.34. The highest BCUT2D eigenvalue weighted by Crippen LogP contribution is 2.85. The van der Waals surface area contributed by atoms with E-state index in [4.69, 9.17) is 4.99 Å². The summed E-state index contributed by atoms with van der Waals surface area (Å²) in [4.78, 5) is 8.26. The van der Waals surface area contributed by atoms with Crippen molar-refractivity contribution >= 4 is 84.2 Å². The SMILES string of the molecule is CCCCCCC1CC(CCCCCC)C2SC3=C(C4=NC=C5C=C6C=C7CC8c9c(c%10c%11c(c%12c%13c%10c%10c9=C7C7C9=C%14C%15=C%16C(=C3C(CCCC(C)C)=C3Cc%17c(CCCC(C)C)c(O)c%18cc%19c%20c%21c%18c%17C(C3%16)C%14C%21C(C%13=C%20C3C(=C%19CCCC(C)C)C=C%13CC=C(CC)C%13=C%123)C=%109)C4C5C%15C67)CC(CCC(C)C)C%11)C3CCC(CCCCC(C)C)C(CCCCCC)C3C8CSC(C)C)C2C1. The van der Waals surface area contributed by atoms with Crippen LogP contribution in [0.4, 0.5) is 0 Å². The summed E-state index contributed by atoms with van der Waals surface area (Å²) < 4.78 is 0. The van der Waals surface area contributed by atoms with Crippen LogP contribution in [0, 0.1) is 130 Å². The first kappa shape index (κ1) is 89.5. The lowest BCUT2D eigenvalue weighted by Gasteiger charge is -2.69. The van der Waals surface area contributed by atoms with Gasteiger partial charge >= 0.3 is 0 Å². The number of hydrogen-bond acceptors (Lipinski definition) is 4. The van der Waals surface area contributed by atoms with Crippen molar-refractivity contribution in [3.8, 4) is 5.75 Å². The van der Waals surface area contributed by atoms with E-state index in [2.05, 4.69) is 171 Å². The second-order valence-corrected chi connectivity index (χ2v) is 56.0. The van der Waals surface area contributed by atoms with Crippen LogP contribution in [-0.4, -0.2) is 27.1 Å². The van der Waals surface area contributed by atoms with E-state index in [1.54, 1.807) is 99.6 Å².